The number of rotatable bonds is 3. The average Bonchev–Trinajstić information content (AvgIpc) is 2.50. The summed E-state index contributed by atoms with van der Waals surface area (Å²) >= 11 is 5.19. The van der Waals surface area contributed by atoms with Crippen LogP contribution in [0.1, 0.15) is 28.4 Å². The van der Waals surface area contributed by atoms with Gasteiger partial charge in [-0.05, 0) is 55.4 Å². The number of carbonyl (C=O) groups excluding carboxylic acids is 2. The molecule has 6 heteroatoms. The van der Waals surface area contributed by atoms with E-state index in [9.17, 15) is 9.59 Å². The Labute approximate surface area is 146 Å². The van der Waals surface area contributed by atoms with E-state index in [1.165, 1.54) is 6.92 Å². The van der Waals surface area contributed by atoms with Crippen LogP contribution in [0.25, 0.3) is 0 Å². The monoisotopic (exact) mass is 341 g/mol. The number of carbonyl (C=O) groups is 2. The van der Waals surface area contributed by atoms with Crippen molar-refractivity contribution in [2.24, 2.45) is 0 Å². The van der Waals surface area contributed by atoms with Gasteiger partial charge in [0.1, 0.15) is 0 Å². The van der Waals surface area contributed by atoms with E-state index in [1.807, 2.05) is 38.1 Å². The average molecular weight is 341 g/mol. The quantitative estimate of drug-likeness (QED) is 0.749. The van der Waals surface area contributed by atoms with Gasteiger partial charge in [-0.15, -0.1) is 0 Å². The highest BCUT2D eigenvalue weighted by atomic mass is 32.1. The van der Waals surface area contributed by atoms with E-state index in [4.69, 9.17) is 12.2 Å². The van der Waals surface area contributed by atoms with Crippen LogP contribution < -0.4 is 16.0 Å². The second-order valence-electron chi connectivity index (χ2n) is 5.43. The van der Waals surface area contributed by atoms with Crippen LogP contribution in [0.3, 0.4) is 0 Å². The first-order valence-electron chi connectivity index (χ1n) is 7.43. The number of anilines is 2. The first-order valence-corrected chi connectivity index (χ1v) is 7.84. The molecule has 124 valence electrons. The molecule has 0 fully saturated rings. The van der Waals surface area contributed by atoms with Crippen molar-refractivity contribution in [3.63, 3.8) is 0 Å². The standard InChI is InChI=1S/C18H19N3O2S/c1-11-6-4-5-7-15(11)17(23)21-18(24)20-14-9-8-12(2)16(10-14)19-13(3)22/h4-10H,1-3H3,(H,19,22)(H2,20,21,23,24). The maximum absolute atomic E-state index is 12.2. The van der Waals surface area contributed by atoms with Crippen molar-refractivity contribution in [3.8, 4) is 0 Å². The zero-order chi connectivity index (χ0) is 17.7. The second-order valence-corrected chi connectivity index (χ2v) is 5.84. The fourth-order valence-electron chi connectivity index (χ4n) is 2.18. The Morgan fingerprint density at radius 2 is 1.67 bits per heavy atom. The van der Waals surface area contributed by atoms with E-state index in [0.717, 1.165) is 11.1 Å². The fraction of sp³-hybridized carbons (Fsp3) is 0.167. The first kappa shape index (κ1) is 17.6. The minimum absolute atomic E-state index is 0.148. The Morgan fingerprint density at radius 3 is 2.33 bits per heavy atom. The zero-order valence-corrected chi connectivity index (χ0v) is 14.6. The predicted octanol–water partition coefficient (Wildman–Crippen LogP) is 3.39. The van der Waals surface area contributed by atoms with Gasteiger partial charge in [0.25, 0.3) is 5.91 Å². The minimum atomic E-state index is -0.264. The summed E-state index contributed by atoms with van der Waals surface area (Å²) in [6.07, 6.45) is 0. The van der Waals surface area contributed by atoms with Crippen LogP contribution in [-0.2, 0) is 4.79 Å². The number of benzene rings is 2. The van der Waals surface area contributed by atoms with Gasteiger partial charge in [-0.25, -0.2) is 0 Å². The highest BCUT2D eigenvalue weighted by Crippen LogP contribution is 2.20. The minimum Gasteiger partial charge on any atom is -0.332 e. The SMILES string of the molecule is CC(=O)Nc1cc(NC(=S)NC(=O)c2ccccc2C)ccc1C. The molecular formula is C18H19N3O2S. The maximum atomic E-state index is 12.2. The molecule has 24 heavy (non-hydrogen) atoms. The lowest BCUT2D eigenvalue weighted by Gasteiger charge is -2.13. The molecule has 0 atom stereocenters. The van der Waals surface area contributed by atoms with Crippen LogP contribution in [0.4, 0.5) is 11.4 Å². The predicted molar refractivity (Wildman–Crippen MR) is 100 cm³/mol. The van der Waals surface area contributed by atoms with Crippen LogP contribution in [-0.4, -0.2) is 16.9 Å². The summed E-state index contributed by atoms with van der Waals surface area (Å²) in [5.41, 5.74) is 3.76. The van der Waals surface area contributed by atoms with E-state index >= 15 is 0 Å². The van der Waals surface area contributed by atoms with Gasteiger partial charge in [0, 0.05) is 23.9 Å². The molecule has 2 aromatic rings. The molecule has 2 amide bonds. The van der Waals surface area contributed by atoms with Crippen LogP contribution in [0, 0.1) is 13.8 Å². The Kier molecular flexibility index (Phi) is 5.65. The van der Waals surface area contributed by atoms with E-state index in [-0.39, 0.29) is 16.9 Å². The molecule has 0 radical (unpaired) electrons. The normalized spacial score (nSPS) is 9.96. The fourth-order valence-corrected chi connectivity index (χ4v) is 2.40. The van der Waals surface area contributed by atoms with Crippen molar-refractivity contribution in [2.75, 3.05) is 10.6 Å². The highest BCUT2D eigenvalue weighted by molar-refractivity contribution is 7.80. The maximum Gasteiger partial charge on any atom is 0.257 e. The summed E-state index contributed by atoms with van der Waals surface area (Å²) < 4.78 is 0. The molecule has 0 spiro atoms. The van der Waals surface area contributed by atoms with Crippen molar-refractivity contribution in [2.45, 2.75) is 20.8 Å². The smallest absolute Gasteiger partial charge is 0.257 e. The largest absolute Gasteiger partial charge is 0.332 e. The van der Waals surface area contributed by atoms with Gasteiger partial charge >= 0.3 is 0 Å². The molecule has 0 aliphatic carbocycles. The third-order valence-corrected chi connectivity index (χ3v) is 3.63. The summed E-state index contributed by atoms with van der Waals surface area (Å²) in [5.74, 6) is -0.412. The molecule has 0 aliphatic rings. The molecule has 0 saturated heterocycles. The third-order valence-electron chi connectivity index (χ3n) is 3.42. The summed E-state index contributed by atoms with van der Waals surface area (Å²) in [6, 6.07) is 12.7. The van der Waals surface area contributed by atoms with E-state index in [1.54, 1.807) is 18.2 Å². The van der Waals surface area contributed by atoms with Gasteiger partial charge in [0.05, 0.1) is 0 Å². The van der Waals surface area contributed by atoms with E-state index in [2.05, 4.69) is 16.0 Å². The summed E-state index contributed by atoms with van der Waals surface area (Å²) in [4.78, 5) is 23.5. The summed E-state index contributed by atoms with van der Waals surface area (Å²) in [6.45, 7) is 5.21. The topological polar surface area (TPSA) is 70.2 Å². The lowest BCUT2D eigenvalue weighted by molar-refractivity contribution is -0.114. The van der Waals surface area contributed by atoms with Crippen molar-refractivity contribution in [1.82, 2.24) is 5.32 Å². The summed E-state index contributed by atoms with van der Waals surface area (Å²) in [7, 11) is 0. The van der Waals surface area contributed by atoms with Crippen LogP contribution in [0.2, 0.25) is 0 Å². The molecule has 0 heterocycles. The third kappa shape index (κ3) is 4.63. The van der Waals surface area contributed by atoms with Crippen molar-refractivity contribution >= 4 is 40.5 Å². The second kappa shape index (κ2) is 7.70. The number of hydrogen-bond acceptors (Lipinski definition) is 3. The Balaban J connectivity index is 2.06. The number of amides is 2. The molecular weight excluding hydrogens is 322 g/mol. The van der Waals surface area contributed by atoms with Crippen molar-refractivity contribution in [1.29, 1.82) is 0 Å². The Morgan fingerprint density at radius 1 is 0.958 bits per heavy atom. The van der Waals surface area contributed by atoms with Gasteiger partial charge in [0.2, 0.25) is 5.91 Å². The first-order chi connectivity index (χ1) is 11.4. The molecule has 3 N–H and O–H groups in total. The molecule has 0 saturated carbocycles. The molecule has 0 aliphatic heterocycles. The van der Waals surface area contributed by atoms with Gasteiger partial charge in [-0.1, -0.05) is 24.3 Å². The van der Waals surface area contributed by atoms with Gasteiger partial charge in [-0.2, -0.15) is 0 Å². The van der Waals surface area contributed by atoms with Gasteiger partial charge in [-0.3, -0.25) is 14.9 Å². The summed E-state index contributed by atoms with van der Waals surface area (Å²) in [5, 5.41) is 8.55. The number of thiocarbonyl (C=S) groups is 1. The molecule has 0 bridgehead atoms. The Bertz CT molecular complexity index is 803. The lowest BCUT2D eigenvalue weighted by Crippen LogP contribution is -2.34. The van der Waals surface area contributed by atoms with Crippen molar-refractivity contribution < 1.29 is 9.59 Å². The number of aryl methyl sites for hydroxylation is 2. The lowest BCUT2D eigenvalue weighted by atomic mass is 10.1. The van der Waals surface area contributed by atoms with Gasteiger partial charge in [0.15, 0.2) is 5.11 Å². The Hall–Kier alpha value is -2.73. The number of nitrogens with one attached hydrogen (secondary N) is 3. The zero-order valence-electron chi connectivity index (χ0n) is 13.8. The van der Waals surface area contributed by atoms with Crippen LogP contribution in [0.5, 0.6) is 0 Å². The number of hydrogen-bond donors (Lipinski definition) is 3. The molecule has 5 nitrogen and oxygen atoms in total. The molecule has 2 rings (SSSR count). The van der Waals surface area contributed by atoms with Crippen molar-refractivity contribution in [3.05, 3.63) is 59.2 Å². The van der Waals surface area contributed by atoms with E-state index < -0.39 is 0 Å². The molecule has 0 aromatic heterocycles. The van der Waals surface area contributed by atoms with E-state index in [0.29, 0.717) is 16.9 Å². The molecule has 2 aromatic carbocycles. The molecule has 0 unspecified atom stereocenters. The van der Waals surface area contributed by atoms with Crippen LogP contribution >= 0.6 is 12.2 Å². The van der Waals surface area contributed by atoms with Gasteiger partial charge < -0.3 is 10.6 Å². The highest BCUT2D eigenvalue weighted by Gasteiger charge is 2.10. The van der Waals surface area contributed by atoms with Crippen LogP contribution in [0.15, 0.2) is 42.5 Å².